The second-order valence-electron chi connectivity index (χ2n) is 7.86. The Balaban J connectivity index is 1.71. The van der Waals surface area contributed by atoms with Crippen LogP contribution in [0.25, 0.3) is 0 Å². The molecule has 1 aromatic carbocycles. The smallest absolute Gasteiger partial charge is 0.291 e. The van der Waals surface area contributed by atoms with Crippen molar-refractivity contribution in [2.45, 2.75) is 50.5 Å². The third-order valence-electron chi connectivity index (χ3n) is 4.72. The molecule has 0 atom stereocenters. The molecule has 3 rings (SSSR count). The number of hydrogen-bond donors (Lipinski definition) is 1. The van der Waals surface area contributed by atoms with Crippen molar-refractivity contribution in [1.82, 2.24) is 4.31 Å². The van der Waals surface area contributed by atoms with Crippen molar-refractivity contribution in [2.75, 3.05) is 18.4 Å². The number of anilines is 1. The Morgan fingerprint density at radius 2 is 1.63 bits per heavy atom. The molecule has 1 saturated heterocycles. The van der Waals surface area contributed by atoms with Crippen LogP contribution < -0.4 is 5.32 Å². The van der Waals surface area contributed by atoms with Crippen molar-refractivity contribution < 1.29 is 17.6 Å². The third kappa shape index (κ3) is 4.42. The highest BCUT2D eigenvalue weighted by atomic mass is 32.2. The first-order chi connectivity index (χ1) is 12.7. The van der Waals surface area contributed by atoms with Crippen molar-refractivity contribution in [3.05, 3.63) is 47.7 Å². The second-order valence-corrected chi connectivity index (χ2v) is 9.73. The Morgan fingerprint density at radius 3 is 2.22 bits per heavy atom. The van der Waals surface area contributed by atoms with Gasteiger partial charge < -0.3 is 9.73 Å². The highest BCUT2D eigenvalue weighted by molar-refractivity contribution is 7.89. The van der Waals surface area contributed by atoms with E-state index in [0.717, 1.165) is 24.8 Å². The van der Waals surface area contributed by atoms with Gasteiger partial charge in [-0.25, -0.2) is 8.42 Å². The van der Waals surface area contributed by atoms with E-state index >= 15 is 0 Å². The summed E-state index contributed by atoms with van der Waals surface area (Å²) >= 11 is 0. The van der Waals surface area contributed by atoms with Crippen molar-refractivity contribution in [3.63, 3.8) is 0 Å². The zero-order valence-corrected chi connectivity index (χ0v) is 16.8. The van der Waals surface area contributed by atoms with Crippen LogP contribution in [0.2, 0.25) is 0 Å². The minimum atomic E-state index is -3.68. The molecule has 0 radical (unpaired) electrons. The molecule has 27 heavy (non-hydrogen) atoms. The van der Waals surface area contributed by atoms with Gasteiger partial charge in [-0.3, -0.25) is 4.79 Å². The van der Waals surface area contributed by atoms with Crippen LogP contribution in [0.15, 0.2) is 45.9 Å². The van der Waals surface area contributed by atoms with Gasteiger partial charge in [0, 0.05) is 18.8 Å². The number of nitrogens with zero attached hydrogens (tertiary/aromatic N) is 1. The lowest BCUT2D eigenvalue weighted by Gasteiger charge is -2.24. The van der Waals surface area contributed by atoms with Gasteiger partial charge in [-0.15, -0.1) is 0 Å². The van der Waals surface area contributed by atoms with Crippen LogP contribution in [0.1, 0.15) is 56.2 Å². The molecular formula is C20H26N2O4S. The van der Waals surface area contributed by atoms with E-state index in [1.54, 1.807) is 0 Å². The number of amides is 1. The summed E-state index contributed by atoms with van der Waals surface area (Å²) < 4.78 is 32.0. The van der Waals surface area contributed by atoms with Gasteiger partial charge in [-0.2, -0.15) is 4.31 Å². The normalized spacial score (nSPS) is 16.3. The summed E-state index contributed by atoms with van der Waals surface area (Å²) in [7, 11) is -3.68. The lowest BCUT2D eigenvalue weighted by molar-refractivity contribution is 0.0991. The molecule has 0 unspecified atom stereocenters. The number of furan rings is 1. The van der Waals surface area contributed by atoms with Crippen molar-refractivity contribution >= 4 is 21.6 Å². The monoisotopic (exact) mass is 390 g/mol. The summed E-state index contributed by atoms with van der Waals surface area (Å²) in [6.07, 6.45) is 2.72. The van der Waals surface area contributed by atoms with Crippen LogP contribution in [0.5, 0.6) is 0 Å². The molecule has 7 heteroatoms. The number of carbonyl (C=O) groups is 1. The quantitative estimate of drug-likeness (QED) is 0.856. The highest BCUT2D eigenvalue weighted by Crippen LogP contribution is 2.25. The lowest BCUT2D eigenvalue weighted by Crippen LogP contribution is -2.35. The first kappa shape index (κ1) is 19.6. The Hall–Kier alpha value is -2.12. The van der Waals surface area contributed by atoms with E-state index in [1.165, 1.54) is 16.4 Å². The molecule has 0 aliphatic carbocycles. The number of hydrogen-bond acceptors (Lipinski definition) is 4. The lowest BCUT2D eigenvalue weighted by atomic mass is 9.87. The van der Waals surface area contributed by atoms with Crippen molar-refractivity contribution in [3.8, 4) is 0 Å². The van der Waals surface area contributed by atoms with E-state index < -0.39 is 15.9 Å². The van der Waals surface area contributed by atoms with E-state index in [-0.39, 0.29) is 16.3 Å². The fourth-order valence-corrected chi connectivity index (χ4v) is 4.49. The molecule has 0 spiro atoms. The number of rotatable bonds is 4. The van der Waals surface area contributed by atoms with Gasteiger partial charge >= 0.3 is 0 Å². The molecule has 0 saturated carbocycles. The third-order valence-corrected chi connectivity index (χ3v) is 6.50. The minimum absolute atomic E-state index is 0.0227. The molecule has 0 bridgehead atoms. The topological polar surface area (TPSA) is 79.6 Å². The molecule has 1 fully saturated rings. The number of nitrogens with one attached hydrogen (secondary N) is 1. The number of carbonyl (C=O) groups excluding carboxylic acids is 1. The molecule has 1 aliphatic heterocycles. The van der Waals surface area contributed by atoms with E-state index in [9.17, 15) is 13.2 Å². The second kappa shape index (κ2) is 7.48. The van der Waals surface area contributed by atoms with Gasteiger partial charge in [0.25, 0.3) is 15.9 Å². The van der Waals surface area contributed by atoms with Crippen LogP contribution in [-0.2, 0) is 15.4 Å². The summed E-state index contributed by atoms with van der Waals surface area (Å²) in [5, 5.41) is 2.56. The number of benzene rings is 1. The van der Waals surface area contributed by atoms with Gasteiger partial charge in [-0.1, -0.05) is 39.3 Å². The summed E-state index contributed by atoms with van der Waals surface area (Å²) in [6.45, 7) is 7.34. The summed E-state index contributed by atoms with van der Waals surface area (Å²) in [5.74, 6) is -0.496. The van der Waals surface area contributed by atoms with Gasteiger partial charge in [0.2, 0.25) is 5.09 Å². The van der Waals surface area contributed by atoms with E-state index in [2.05, 4.69) is 26.1 Å². The molecule has 1 N–H and O–H groups in total. The molecule has 146 valence electrons. The first-order valence-electron chi connectivity index (χ1n) is 9.20. The van der Waals surface area contributed by atoms with E-state index in [0.29, 0.717) is 18.8 Å². The van der Waals surface area contributed by atoms with Gasteiger partial charge in [0.1, 0.15) is 0 Å². The molecule has 2 aromatic rings. The molecule has 1 aliphatic rings. The maximum atomic E-state index is 12.6. The van der Waals surface area contributed by atoms with Crippen LogP contribution in [0.3, 0.4) is 0 Å². The minimum Gasteiger partial charge on any atom is -0.438 e. The fourth-order valence-electron chi connectivity index (χ4n) is 3.06. The van der Waals surface area contributed by atoms with Gasteiger partial charge in [-0.05, 0) is 48.1 Å². The zero-order chi connectivity index (χ0) is 19.7. The van der Waals surface area contributed by atoms with Crippen LogP contribution in [0, 0.1) is 0 Å². The maximum absolute atomic E-state index is 12.6. The van der Waals surface area contributed by atoms with Crippen LogP contribution in [-0.4, -0.2) is 31.7 Å². The Morgan fingerprint density at radius 1 is 1.00 bits per heavy atom. The molecule has 6 nitrogen and oxygen atoms in total. The van der Waals surface area contributed by atoms with E-state index in [1.807, 2.05) is 24.3 Å². The predicted molar refractivity (Wildman–Crippen MR) is 104 cm³/mol. The van der Waals surface area contributed by atoms with Crippen LogP contribution in [0.4, 0.5) is 5.69 Å². The van der Waals surface area contributed by atoms with Crippen LogP contribution >= 0.6 is 0 Å². The SMILES string of the molecule is CC(C)(C)c1ccc(NC(=O)c2ccc(S(=O)(=O)N3CCCCC3)o2)cc1. The molecule has 1 amide bonds. The summed E-state index contributed by atoms with van der Waals surface area (Å²) in [5.41, 5.74) is 1.82. The predicted octanol–water partition coefficient (Wildman–Crippen LogP) is 4.00. The number of sulfonamides is 1. The summed E-state index contributed by atoms with van der Waals surface area (Å²) in [4.78, 5) is 12.4. The largest absolute Gasteiger partial charge is 0.438 e. The fraction of sp³-hybridized carbons (Fsp3) is 0.450. The average Bonchev–Trinajstić information content (AvgIpc) is 3.13. The average molecular weight is 391 g/mol. The first-order valence-corrected chi connectivity index (χ1v) is 10.6. The Kier molecular flexibility index (Phi) is 5.44. The van der Waals surface area contributed by atoms with Crippen molar-refractivity contribution in [1.29, 1.82) is 0 Å². The number of piperidine rings is 1. The molecule has 1 aromatic heterocycles. The van der Waals surface area contributed by atoms with Gasteiger partial charge in [0.05, 0.1) is 0 Å². The highest BCUT2D eigenvalue weighted by Gasteiger charge is 2.29. The Labute approximate surface area is 160 Å². The zero-order valence-electron chi connectivity index (χ0n) is 16.0. The Bertz CT molecular complexity index is 902. The van der Waals surface area contributed by atoms with E-state index in [4.69, 9.17) is 4.42 Å². The maximum Gasteiger partial charge on any atom is 0.291 e. The standard InChI is InChI=1S/C20H26N2O4S/c1-20(2,3)15-7-9-16(10-8-15)21-19(23)17-11-12-18(26-17)27(24,25)22-13-5-4-6-14-22/h7-12H,4-6,13-14H2,1-3H3,(H,21,23). The summed E-state index contributed by atoms with van der Waals surface area (Å²) in [6, 6.07) is 10.3. The van der Waals surface area contributed by atoms with Crippen molar-refractivity contribution in [2.24, 2.45) is 0 Å². The molecular weight excluding hydrogens is 364 g/mol. The van der Waals surface area contributed by atoms with Gasteiger partial charge in [0.15, 0.2) is 5.76 Å². The molecule has 2 heterocycles.